The van der Waals surface area contributed by atoms with Gasteiger partial charge >= 0.3 is 0 Å². The zero-order valence-corrected chi connectivity index (χ0v) is 15.1. The molecular formula is C19H23NO3S. The van der Waals surface area contributed by atoms with Crippen LogP contribution in [-0.2, 0) is 10.0 Å². The molecule has 0 aliphatic carbocycles. The molecule has 0 bridgehead atoms. The summed E-state index contributed by atoms with van der Waals surface area (Å²) in [5, 5.41) is 0. The van der Waals surface area contributed by atoms with E-state index in [0.717, 1.165) is 35.3 Å². The number of hydrogen-bond acceptors (Lipinski definition) is 3. The lowest BCUT2D eigenvalue weighted by atomic mass is 10.1. The first kappa shape index (κ1) is 17.0. The first-order valence-corrected chi connectivity index (χ1v) is 9.60. The van der Waals surface area contributed by atoms with Gasteiger partial charge in [0.1, 0.15) is 5.75 Å². The fraction of sp³-hybridized carbons (Fsp3) is 0.368. The van der Waals surface area contributed by atoms with Crippen LogP contribution in [0.2, 0.25) is 0 Å². The molecule has 2 aromatic carbocycles. The molecule has 1 saturated heterocycles. The van der Waals surface area contributed by atoms with Gasteiger partial charge in [-0.1, -0.05) is 18.2 Å². The predicted octanol–water partition coefficient (Wildman–Crippen LogP) is 3.84. The SMILES string of the molecule is COc1ccc([C@H]2CCCN2S(=O)(=O)c2ccc(C)c(C)c2)cc1. The van der Waals surface area contributed by atoms with Gasteiger partial charge in [-0.15, -0.1) is 0 Å². The minimum atomic E-state index is -3.49. The average Bonchev–Trinajstić information content (AvgIpc) is 3.08. The van der Waals surface area contributed by atoms with Crippen LogP contribution in [0.5, 0.6) is 5.75 Å². The highest BCUT2D eigenvalue weighted by atomic mass is 32.2. The Morgan fingerprint density at radius 2 is 1.75 bits per heavy atom. The lowest BCUT2D eigenvalue weighted by Gasteiger charge is -2.25. The maximum Gasteiger partial charge on any atom is 0.243 e. The molecule has 0 N–H and O–H groups in total. The molecular weight excluding hydrogens is 322 g/mol. The number of hydrogen-bond donors (Lipinski definition) is 0. The molecule has 0 amide bonds. The molecule has 24 heavy (non-hydrogen) atoms. The minimum absolute atomic E-state index is 0.109. The summed E-state index contributed by atoms with van der Waals surface area (Å²) >= 11 is 0. The third kappa shape index (κ3) is 3.06. The Labute approximate surface area is 144 Å². The molecule has 5 heteroatoms. The van der Waals surface area contributed by atoms with Gasteiger partial charge in [0.15, 0.2) is 0 Å². The molecule has 1 atom stereocenters. The second-order valence-corrected chi connectivity index (χ2v) is 8.18. The molecule has 0 unspecified atom stereocenters. The maximum absolute atomic E-state index is 13.1. The van der Waals surface area contributed by atoms with Crippen LogP contribution in [0.4, 0.5) is 0 Å². The Morgan fingerprint density at radius 1 is 1.04 bits per heavy atom. The van der Waals surface area contributed by atoms with E-state index in [1.54, 1.807) is 23.5 Å². The van der Waals surface area contributed by atoms with Gasteiger partial charge in [-0.3, -0.25) is 0 Å². The minimum Gasteiger partial charge on any atom is -0.497 e. The van der Waals surface area contributed by atoms with Crippen LogP contribution in [0.15, 0.2) is 47.4 Å². The lowest BCUT2D eigenvalue weighted by molar-refractivity contribution is 0.394. The zero-order valence-electron chi connectivity index (χ0n) is 14.3. The predicted molar refractivity (Wildman–Crippen MR) is 94.8 cm³/mol. The van der Waals surface area contributed by atoms with Gasteiger partial charge in [-0.05, 0) is 67.6 Å². The second kappa shape index (κ2) is 6.57. The van der Waals surface area contributed by atoms with Crippen LogP contribution < -0.4 is 4.74 Å². The molecule has 4 nitrogen and oxygen atoms in total. The molecule has 0 spiro atoms. The number of benzene rings is 2. The van der Waals surface area contributed by atoms with Crippen molar-refractivity contribution in [2.24, 2.45) is 0 Å². The van der Waals surface area contributed by atoms with E-state index in [0.29, 0.717) is 11.4 Å². The smallest absolute Gasteiger partial charge is 0.243 e. The number of methoxy groups -OCH3 is 1. The van der Waals surface area contributed by atoms with Crippen LogP contribution in [-0.4, -0.2) is 26.4 Å². The normalized spacial score (nSPS) is 18.7. The van der Waals surface area contributed by atoms with Crippen molar-refractivity contribution >= 4 is 10.0 Å². The van der Waals surface area contributed by atoms with Gasteiger partial charge in [0, 0.05) is 6.54 Å². The fourth-order valence-corrected chi connectivity index (χ4v) is 4.96. The van der Waals surface area contributed by atoms with Gasteiger partial charge in [-0.25, -0.2) is 8.42 Å². The van der Waals surface area contributed by atoms with Crippen molar-refractivity contribution in [3.05, 3.63) is 59.2 Å². The van der Waals surface area contributed by atoms with Crippen LogP contribution in [0.3, 0.4) is 0 Å². The monoisotopic (exact) mass is 345 g/mol. The topological polar surface area (TPSA) is 46.6 Å². The first-order valence-electron chi connectivity index (χ1n) is 8.16. The Kier molecular flexibility index (Phi) is 4.65. The van der Waals surface area contributed by atoms with E-state index < -0.39 is 10.0 Å². The van der Waals surface area contributed by atoms with Crippen molar-refractivity contribution < 1.29 is 13.2 Å². The van der Waals surface area contributed by atoms with Crippen molar-refractivity contribution in [2.45, 2.75) is 37.6 Å². The zero-order chi connectivity index (χ0) is 17.3. The summed E-state index contributed by atoms with van der Waals surface area (Å²) in [4.78, 5) is 0.381. The molecule has 1 fully saturated rings. The van der Waals surface area contributed by atoms with E-state index >= 15 is 0 Å². The summed E-state index contributed by atoms with van der Waals surface area (Å²) in [6, 6.07) is 12.9. The van der Waals surface area contributed by atoms with Gasteiger partial charge in [0.2, 0.25) is 10.0 Å². The van der Waals surface area contributed by atoms with Gasteiger partial charge < -0.3 is 4.74 Å². The molecule has 1 aliphatic heterocycles. The van der Waals surface area contributed by atoms with E-state index in [1.165, 1.54) is 0 Å². The fourth-order valence-electron chi connectivity index (χ4n) is 3.20. The second-order valence-electron chi connectivity index (χ2n) is 6.29. The van der Waals surface area contributed by atoms with E-state index in [2.05, 4.69) is 0 Å². The van der Waals surface area contributed by atoms with Gasteiger partial charge in [-0.2, -0.15) is 4.31 Å². The van der Waals surface area contributed by atoms with Crippen molar-refractivity contribution in [2.75, 3.05) is 13.7 Å². The Bertz CT molecular complexity index is 828. The van der Waals surface area contributed by atoms with Crippen LogP contribution >= 0.6 is 0 Å². The Morgan fingerprint density at radius 3 is 2.38 bits per heavy atom. The first-order chi connectivity index (χ1) is 11.4. The third-order valence-electron chi connectivity index (χ3n) is 4.79. The number of sulfonamides is 1. The summed E-state index contributed by atoms with van der Waals surface area (Å²) in [5.41, 5.74) is 3.11. The number of ether oxygens (including phenoxy) is 1. The summed E-state index contributed by atoms with van der Waals surface area (Å²) in [6.07, 6.45) is 1.72. The van der Waals surface area contributed by atoms with Crippen LogP contribution in [0.25, 0.3) is 0 Å². The largest absolute Gasteiger partial charge is 0.497 e. The molecule has 1 heterocycles. The van der Waals surface area contributed by atoms with E-state index in [4.69, 9.17) is 4.74 Å². The molecule has 2 aromatic rings. The standard InChI is InChI=1S/C19H23NO3S/c1-14-6-11-18(13-15(14)2)24(21,22)20-12-4-5-19(20)16-7-9-17(23-3)10-8-16/h6-11,13,19H,4-5,12H2,1-3H3/t19-/m1/s1. The molecule has 0 saturated carbocycles. The lowest BCUT2D eigenvalue weighted by Crippen LogP contribution is -2.30. The molecule has 3 rings (SSSR count). The third-order valence-corrected chi connectivity index (χ3v) is 6.69. The van der Waals surface area contributed by atoms with Crippen molar-refractivity contribution in [1.29, 1.82) is 0 Å². The highest BCUT2D eigenvalue weighted by Crippen LogP contribution is 2.37. The molecule has 0 radical (unpaired) electrons. The van der Waals surface area contributed by atoms with Gasteiger partial charge in [0.05, 0.1) is 18.0 Å². The van der Waals surface area contributed by atoms with E-state index in [-0.39, 0.29) is 6.04 Å². The van der Waals surface area contributed by atoms with Crippen LogP contribution in [0, 0.1) is 13.8 Å². The summed E-state index contributed by atoms with van der Waals surface area (Å²) in [7, 11) is -1.86. The van der Waals surface area contributed by atoms with E-state index in [1.807, 2.05) is 44.2 Å². The number of rotatable bonds is 4. The summed E-state index contributed by atoms with van der Waals surface area (Å²) < 4.78 is 33.0. The molecule has 0 aromatic heterocycles. The quantitative estimate of drug-likeness (QED) is 0.846. The summed E-state index contributed by atoms with van der Waals surface area (Å²) in [5.74, 6) is 0.778. The van der Waals surface area contributed by atoms with Crippen LogP contribution in [0.1, 0.15) is 35.6 Å². The highest BCUT2D eigenvalue weighted by Gasteiger charge is 2.36. The van der Waals surface area contributed by atoms with E-state index in [9.17, 15) is 8.42 Å². The summed E-state index contributed by atoms with van der Waals surface area (Å²) in [6.45, 7) is 4.49. The molecule has 128 valence electrons. The highest BCUT2D eigenvalue weighted by molar-refractivity contribution is 7.89. The average molecular weight is 345 g/mol. The Balaban J connectivity index is 1.94. The van der Waals surface area contributed by atoms with Gasteiger partial charge in [0.25, 0.3) is 0 Å². The Hall–Kier alpha value is -1.85. The maximum atomic E-state index is 13.1. The van der Waals surface area contributed by atoms with Crippen molar-refractivity contribution in [3.8, 4) is 5.75 Å². The number of aryl methyl sites for hydroxylation is 2. The van der Waals surface area contributed by atoms with Crippen molar-refractivity contribution in [1.82, 2.24) is 4.31 Å². The number of nitrogens with zero attached hydrogens (tertiary/aromatic N) is 1. The van der Waals surface area contributed by atoms with Crippen molar-refractivity contribution in [3.63, 3.8) is 0 Å². The molecule has 1 aliphatic rings.